The number of nitrogens with one attached hydrogen (secondary N) is 2. The van der Waals surface area contributed by atoms with Crippen LogP contribution in [0, 0.1) is 0 Å². The first-order valence-corrected chi connectivity index (χ1v) is 8.37. The number of fused-ring (bicyclic) bond motifs is 1. The van der Waals surface area contributed by atoms with E-state index in [-0.39, 0.29) is 12.0 Å². The van der Waals surface area contributed by atoms with Crippen LogP contribution in [0.5, 0.6) is 11.5 Å². The number of hydrogen-bond acceptors (Lipinski definition) is 5. The minimum atomic E-state index is -0.593. The van der Waals surface area contributed by atoms with Crippen molar-refractivity contribution in [1.82, 2.24) is 15.5 Å². The lowest BCUT2D eigenvalue weighted by molar-refractivity contribution is -0.133. The summed E-state index contributed by atoms with van der Waals surface area (Å²) in [6, 6.07) is 7.45. The molecule has 1 saturated heterocycles. The number of carbonyl (C=O) groups excluding carboxylic acids is 1. The molecule has 2 aliphatic rings. The zero-order valence-electron chi connectivity index (χ0n) is 13.6. The summed E-state index contributed by atoms with van der Waals surface area (Å²) in [6.07, 6.45) is 0.0618. The molecular weight excluding hydrogens is 294 g/mol. The highest BCUT2D eigenvalue weighted by atomic mass is 16.6. The van der Waals surface area contributed by atoms with Crippen LogP contribution in [0.4, 0.5) is 0 Å². The third-order valence-corrected chi connectivity index (χ3v) is 4.26. The molecule has 2 unspecified atom stereocenters. The highest BCUT2D eigenvalue weighted by molar-refractivity contribution is 5.82. The quantitative estimate of drug-likeness (QED) is 0.780. The summed E-state index contributed by atoms with van der Waals surface area (Å²) in [5, 5.41) is 6.30. The van der Waals surface area contributed by atoms with E-state index in [4.69, 9.17) is 9.47 Å². The van der Waals surface area contributed by atoms with E-state index in [9.17, 15) is 4.79 Å². The fourth-order valence-corrected chi connectivity index (χ4v) is 2.96. The molecule has 1 aromatic rings. The molecule has 0 aromatic heterocycles. The van der Waals surface area contributed by atoms with Crippen LogP contribution < -0.4 is 20.1 Å². The van der Waals surface area contributed by atoms with Crippen molar-refractivity contribution in [3.63, 3.8) is 0 Å². The van der Waals surface area contributed by atoms with Gasteiger partial charge in [0.2, 0.25) is 6.10 Å². The molecule has 0 radical (unpaired) electrons. The van der Waals surface area contributed by atoms with Crippen LogP contribution >= 0.6 is 0 Å². The maximum absolute atomic E-state index is 12.3. The number of ether oxygens (including phenoxy) is 2. The van der Waals surface area contributed by atoms with Gasteiger partial charge in [-0.15, -0.1) is 0 Å². The standard InChI is InChI=1S/C17H25N3O3/c1-13-16(23-15-6-3-2-5-14(15)22-13)17(21)19-7-4-10-20-11-8-18-9-12-20/h2-3,5-6,13,16,18H,4,7-12H2,1H3,(H,19,21). The molecule has 3 rings (SSSR count). The average molecular weight is 319 g/mol. The predicted octanol–water partition coefficient (Wildman–Crippen LogP) is 0.626. The van der Waals surface area contributed by atoms with E-state index < -0.39 is 6.10 Å². The van der Waals surface area contributed by atoms with Crippen molar-refractivity contribution in [1.29, 1.82) is 0 Å². The Morgan fingerprint density at radius 2 is 1.96 bits per heavy atom. The number of benzene rings is 1. The zero-order chi connectivity index (χ0) is 16.1. The second-order valence-corrected chi connectivity index (χ2v) is 6.04. The van der Waals surface area contributed by atoms with Gasteiger partial charge in [0.1, 0.15) is 6.10 Å². The molecule has 6 nitrogen and oxygen atoms in total. The van der Waals surface area contributed by atoms with Gasteiger partial charge in [0.25, 0.3) is 5.91 Å². The van der Waals surface area contributed by atoms with Crippen LogP contribution in [-0.4, -0.2) is 62.3 Å². The predicted molar refractivity (Wildman–Crippen MR) is 87.9 cm³/mol. The maximum Gasteiger partial charge on any atom is 0.265 e. The number of carbonyl (C=O) groups is 1. The number of para-hydroxylation sites is 2. The molecule has 2 atom stereocenters. The fraction of sp³-hybridized carbons (Fsp3) is 0.588. The molecule has 23 heavy (non-hydrogen) atoms. The summed E-state index contributed by atoms with van der Waals surface area (Å²) >= 11 is 0. The van der Waals surface area contributed by atoms with Crippen LogP contribution in [0.2, 0.25) is 0 Å². The Bertz CT molecular complexity index is 532. The summed E-state index contributed by atoms with van der Waals surface area (Å²) in [6.45, 7) is 7.82. The monoisotopic (exact) mass is 319 g/mol. The lowest BCUT2D eigenvalue weighted by atomic mass is 10.1. The summed E-state index contributed by atoms with van der Waals surface area (Å²) in [5.41, 5.74) is 0. The maximum atomic E-state index is 12.3. The lowest BCUT2D eigenvalue weighted by Crippen LogP contribution is -2.49. The van der Waals surface area contributed by atoms with Crippen LogP contribution in [0.3, 0.4) is 0 Å². The Morgan fingerprint density at radius 1 is 1.26 bits per heavy atom. The minimum absolute atomic E-state index is 0.104. The number of piperazine rings is 1. The first kappa shape index (κ1) is 16.1. The van der Waals surface area contributed by atoms with Crippen LogP contribution in [-0.2, 0) is 4.79 Å². The lowest BCUT2D eigenvalue weighted by Gasteiger charge is -2.31. The largest absolute Gasteiger partial charge is 0.482 e. The van der Waals surface area contributed by atoms with Crippen molar-refractivity contribution in [2.24, 2.45) is 0 Å². The molecule has 2 heterocycles. The number of amides is 1. The summed E-state index contributed by atoms with van der Waals surface area (Å²) < 4.78 is 11.6. The molecule has 1 amide bonds. The van der Waals surface area contributed by atoms with E-state index in [1.165, 1.54) is 0 Å². The number of rotatable bonds is 5. The molecule has 0 saturated carbocycles. The number of hydrogen-bond donors (Lipinski definition) is 2. The van der Waals surface area contributed by atoms with E-state index in [2.05, 4.69) is 15.5 Å². The second-order valence-electron chi connectivity index (χ2n) is 6.04. The van der Waals surface area contributed by atoms with Gasteiger partial charge in [-0.1, -0.05) is 12.1 Å². The SMILES string of the molecule is CC1Oc2ccccc2OC1C(=O)NCCCN1CCNCC1. The molecule has 1 aromatic carbocycles. The van der Waals surface area contributed by atoms with Gasteiger partial charge >= 0.3 is 0 Å². The van der Waals surface area contributed by atoms with Gasteiger partial charge in [-0.3, -0.25) is 4.79 Å². The van der Waals surface area contributed by atoms with Gasteiger partial charge in [0, 0.05) is 32.7 Å². The van der Waals surface area contributed by atoms with Crippen LogP contribution in [0.1, 0.15) is 13.3 Å². The van der Waals surface area contributed by atoms with Gasteiger partial charge in [0.15, 0.2) is 11.5 Å². The molecular formula is C17H25N3O3. The first-order valence-electron chi connectivity index (χ1n) is 8.37. The van der Waals surface area contributed by atoms with Gasteiger partial charge in [-0.2, -0.15) is 0 Å². The summed E-state index contributed by atoms with van der Waals surface area (Å²) in [5.74, 6) is 1.22. The highest BCUT2D eigenvalue weighted by Crippen LogP contribution is 2.33. The van der Waals surface area contributed by atoms with Crippen molar-refractivity contribution < 1.29 is 14.3 Å². The van der Waals surface area contributed by atoms with Crippen molar-refractivity contribution in [3.05, 3.63) is 24.3 Å². The Kier molecular flexibility index (Phi) is 5.35. The van der Waals surface area contributed by atoms with Crippen molar-refractivity contribution >= 4 is 5.91 Å². The molecule has 2 N–H and O–H groups in total. The van der Waals surface area contributed by atoms with Gasteiger partial charge in [0.05, 0.1) is 0 Å². The normalized spacial score (nSPS) is 24.2. The molecule has 0 bridgehead atoms. The van der Waals surface area contributed by atoms with Crippen LogP contribution in [0.15, 0.2) is 24.3 Å². The Morgan fingerprint density at radius 3 is 2.70 bits per heavy atom. The van der Waals surface area contributed by atoms with Gasteiger partial charge in [-0.25, -0.2) is 0 Å². The van der Waals surface area contributed by atoms with Crippen molar-refractivity contribution in [2.75, 3.05) is 39.3 Å². The van der Waals surface area contributed by atoms with E-state index in [1.54, 1.807) is 0 Å². The zero-order valence-corrected chi connectivity index (χ0v) is 13.6. The molecule has 1 fully saturated rings. The molecule has 0 aliphatic carbocycles. The minimum Gasteiger partial charge on any atom is -0.482 e. The van der Waals surface area contributed by atoms with Crippen molar-refractivity contribution in [3.8, 4) is 11.5 Å². The Hall–Kier alpha value is -1.79. The molecule has 0 spiro atoms. The molecule has 126 valence electrons. The molecule has 2 aliphatic heterocycles. The van der Waals surface area contributed by atoms with Crippen LogP contribution in [0.25, 0.3) is 0 Å². The summed E-state index contributed by atoms with van der Waals surface area (Å²) in [4.78, 5) is 14.7. The summed E-state index contributed by atoms with van der Waals surface area (Å²) in [7, 11) is 0. The van der Waals surface area contributed by atoms with E-state index in [0.717, 1.165) is 39.1 Å². The van der Waals surface area contributed by atoms with Gasteiger partial charge in [-0.05, 0) is 32.0 Å². The Labute approximate surface area is 137 Å². The first-order chi connectivity index (χ1) is 11.2. The third-order valence-electron chi connectivity index (χ3n) is 4.26. The van der Waals surface area contributed by atoms with Crippen molar-refractivity contribution in [2.45, 2.75) is 25.6 Å². The Balaban J connectivity index is 1.43. The third kappa shape index (κ3) is 4.14. The second kappa shape index (κ2) is 7.66. The smallest absolute Gasteiger partial charge is 0.265 e. The van der Waals surface area contributed by atoms with E-state index in [0.29, 0.717) is 18.0 Å². The average Bonchev–Trinajstić information content (AvgIpc) is 2.59. The highest BCUT2D eigenvalue weighted by Gasteiger charge is 2.33. The van der Waals surface area contributed by atoms with E-state index >= 15 is 0 Å². The fourth-order valence-electron chi connectivity index (χ4n) is 2.96. The topological polar surface area (TPSA) is 62.8 Å². The van der Waals surface area contributed by atoms with E-state index in [1.807, 2.05) is 31.2 Å². The van der Waals surface area contributed by atoms with Gasteiger partial charge < -0.3 is 25.0 Å². The number of nitrogens with zero attached hydrogens (tertiary/aromatic N) is 1. The molecule has 6 heteroatoms.